The van der Waals surface area contributed by atoms with Gasteiger partial charge in [0.2, 0.25) is 4.96 Å². The summed E-state index contributed by atoms with van der Waals surface area (Å²) in [4.78, 5) is 21.8. The second-order valence-corrected chi connectivity index (χ2v) is 8.16. The van der Waals surface area contributed by atoms with Crippen molar-refractivity contribution in [1.82, 2.24) is 24.1 Å². The van der Waals surface area contributed by atoms with Gasteiger partial charge in [0.25, 0.3) is 5.56 Å². The molecular weight excluding hydrogens is 366 g/mol. The topological polar surface area (TPSA) is 65.1 Å². The fourth-order valence-corrected chi connectivity index (χ4v) is 4.35. The number of aromatic nitrogens is 5. The van der Waals surface area contributed by atoms with E-state index in [0.29, 0.717) is 10.7 Å². The quantitative estimate of drug-likeness (QED) is 0.504. The summed E-state index contributed by atoms with van der Waals surface area (Å²) in [7, 11) is 0. The van der Waals surface area contributed by atoms with Gasteiger partial charge in [-0.3, -0.25) is 9.36 Å². The van der Waals surface area contributed by atoms with Crippen LogP contribution in [0, 0.1) is 20.8 Å². The standard InChI is InChI=1S/C18H17N5OS2/c1-11-4-5-12(2)15(8-11)22-7-6-19-17(22)25-10-14-9-16(24)23-18(20-14)26-13(3)21-23/h4-9H,10H2,1-3H3. The number of nitrogens with zero attached hydrogens (tertiary/aromatic N) is 5. The van der Waals surface area contributed by atoms with Gasteiger partial charge < -0.3 is 0 Å². The zero-order valence-corrected chi connectivity index (χ0v) is 16.3. The third-order valence-electron chi connectivity index (χ3n) is 3.98. The van der Waals surface area contributed by atoms with Crippen molar-refractivity contribution in [2.24, 2.45) is 0 Å². The lowest BCUT2D eigenvalue weighted by atomic mass is 10.1. The Hall–Kier alpha value is -2.45. The van der Waals surface area contributed by atoms with Crippen LogP contribution >= 0.6 is 23.1 Å². The maximum atomic E-state index is 12.2. The third-order valence-corrected chi connectivity index (χ3v) is 5.80. The molecular formula is C18H17N5OS2. The summed E-state index contributed by atoms with van der Waals surface area (Å²) in [6.45, 7) is 6.04. The Balaban J connectivity index is 1.63. The number of hydrogen-bond donors (Lipinski definition) is 0. The van der Waals surface area contributed by atoms with Crippen molar-refractivity contribution >= 4 is 28.1 Å². The molecule has 3 aromatic heterocycles. The first-order valence-corrected chi connectivity index (χ1v) is 9.91. The smallest absolute Gasteiger partial charge is 0.275 e. The first kappa shape index (κ1) is 17.0. The predicted molar refractivity (Wildman–Crippen MR) is 104 cm³/mol. The molecule has 0 aliphatic carbocycles. The van der Waals surface area contributed by atoms with Crippen LogP contribution in [0.4, 0.5) is 0 Å². The van der Waals surface area contributed by atoms with Crippen molar-refractivity contribution in [1.29, 1.82) is 0 Å². The normalized spacial score (nSPS) is 11.3. The lowest BCUT2D eigenvalue weighted by molar-refractivity contribution is 0.868. The van der Waals surface area contributed by atoms with Crippen LogP contribution in [-0.2, 0) is 5.75 Å². The first-order chi connectivity index (χ1) is 12.5. The molecule has 4 rings (SSSR count). The van der Waals surface area contributed by atoms with E-state index in [-0.39, 0.29) is 5.56 Å². The minimum Gasteiger partial charge on any atom is -0.295 e. The van der Waals surface area contributed by atoms with E-state index in [1.165, 1.54) is 27.0 Å². The molecule has 3 heterocycles. The molecule has 6 nitrogen and oxygen atoms in total. The summed E-state index contributed by atoms with van der Waals surface area (Å²) in [5.41, 5.74) is 4.10. The maximum Gasteiger partial charge on any atom is 0.275 e. The van der Waals surface area contributed by atoms with Crippen LogP contribution in [0.15, 0.2) is 46.6 Å². The third kappa shape index (κ3) is 3.17. The van der Waals surface area contributed by atoms with Gasteiger partial charge in [-0.1, -0.05) is 35.2 Å². The van der Waals surface area contributed by atoms with E-state index in [1.807, 2.05) is 13.1 Å². The molecule has 26 heavy (non-hydrogen) atoms. The van der Waals surface area contributed by atoms with E-state index >= 15 is 0 Å². The molecule has 4 aromatic rings. The summed E-state index contributed by atoms with van der Waals surface area (Å²) >= 11 is 2.98. The Morgan fingerprint density at radius 2 is 2.04 bits per heavy atom. The number of benzene rings is 1. The van der Waals surface area contributed by atoms with Crippen molar-refractivity contribution < 1.29 is 0 Å². The summed E-state index contributed by atoms with van der Waals surface area (Å²) < 4.78 is 3.43. The number of fused-ring (bicyclic) bond motifs is 1. The van der Waals surface area contributed by atoms with E-state index in [0.717, 1.165) is 21.5 Å². The number of hydrogen-bond acceptors (Lipinski definition) is 6. The van der Waals surface area contributed by atoms with Crippen molar-refractivity contribution in [2.45, 2.75) is 31.7 Å². The molecule has 0 saturated heterocycles. The molecule has 0 unspecified atom stereocenters. The van der Waals surface area contributed by atoms with Gasteiger partial charge in [0.1, 0.15) is 5.01 Å². The van der Waals surface area contributed by atoms with E-state index in [1.54, 1.807) is 24.0 Å². The average Bonchev–Trinajstić information content (AvgIpc) is 3.21. The fraction of sp³-hybridized carbons (Fsp3) is 0.222. The molecule has 132 valence electrons. The second kappa shape index (κ2) is 6.69. The van der Waals surface area contributed by atoms with E-state index in [4.69, 9.17) is 0 Å². The van der Waals surface area contributed by atoms with Crippen LogP contribution in [0.25, 0.3) is 10.6 Å². The Labute approximate surface area is 158 Å². The molecule has 0 radical (unpaired) electrons. The summed E-state index contributed by atoms with van der Waals surface area (Å²) in [6.07, 6.45) is 3.75. The van der Waals surface area contributed by atoms with Gasteiger partial charge in [-0.25, -0.2) is 9.97 Å². The lowest BCUT2D eigenvalue weighted by Gasteiger charge is -2.11. The monoisotopic (exact) mass is 383 g/mol. The van der Waals surface area contributed by atoms with Crippen LogP contribution in [0.1, 0.15) is 21.8 Å². The first-order valence-electron chi connectivity index (χ1n) is 8.11. The van der Waals surface area contributed by atoms with Crippen LogP contribution in [0.5, 0.6) is 0 Å². The van der Waals surface area contributed by atoms with Gasteiger partial charge in [-0.15, -0.1) is 0 Å². The minimum absolute atomic E-state index is 0.146. The van der Waals surface area contributed by atoms with Gasteiger partial charge in [-0.05, 0) is 38.0 Å². The van der Waals surface area contributed by atoms with E-state index < -0.39 is 0 Å². The highest BCUT2D eigenvalue weighted by atomic mass is 32.2. The number of thioether (sulfide) groups is 1. The zero-order chi connectivity index (χ0) is 18.3. The number of rotatable bonds is 4. The van der Waals surface area contributed by atoms with Crippen molar-refractivity contribution in [2.75, 3.05) is 0 Å². The van der Waals surface area contributed by atoms with Crippen molar-refractivity contribution in [3.05, 3.63) is 68.8 Å². The van der Waals surface area contributed by atoms with Crippen LogP contribution in [-0.4, -0.2) is 24.1 Å². The molecule has 0 fully saturated rings. The number of imidazole rings is 1. The van der Waals surface area contributed by atoms with Gasteiger partial charge in [0.15, 0.2) is 5.16 Å². The molecule has 0 bridgehead atoms. The lowest BCUT2D eigenvalue weighted by Crippen LogP contribution is -2.15. The molecule has 0 N–H and O–H groups in total. The van der Waals surface area contributed by atoms with E-state index in [9.17, 15) is 4.79 Å². The fourth-order valence-electron chi connectivity index (χ4n) is 2.72. The Morgan fingerprint density at radius 1 is 1.19 bits per heavy atom. The summed E-state index contributed by atoms with van der Waals surface area (Å²) in [5.74, 6) is 0.574. The maximum absolute atomic E-state index is 12.2. The Kier molecular flexibility index (Phi) is 4.37. The molecule has 0 aliphatic heterocycles. The molecule has 8 heteroatoms. The summed E-state index contributed by atoms with van der Waals surface area (Å²) in [6, 6.07) is 7.91. The Bertz CT molecular complexity index is 1160. The largest absolute Gasteiger partial charge is 0.295 e. The molecule has 0 spiro atoms. The van der Waals surface area contributed by atoms with Crippen molar-refractivity contribution in [3.63, 3.8) is 0 Å². The highest BCUT2D eigenvalue weighted by Gasteiger charge is 2.11. The molecule has 0 saturated carbocycles. The Morgan fingerprint density at radius 3 is 2.88 bits per heavy atom. The van der Waals surface area contributed by atoms with Gasteiger partial charge in [0.05, 0.1) is 11.4 Å². The highest BCUT2D eigenvalue weighted by Crippen LogP contribution is 2.26. The minimum atomic E-state index is -0.146. The van der Waals surface area contributed by atoms with E-state index in [2.05, 4.69) is 51.7 Å². The number of aryl methyl sites for hydroxylation is 3. The van der Waals surface area contributed by atoms with Gasteiger partial charge in [-0.2, -0.15) is 9.61 Å². The zero-order valence-electron chi connectivity index (χ0n) is 14.6. The molecule has 0 aliphatic rings. The molecule has 0 amide bonds. The average molecular weight is 384 g/mol. The second-order valence-electron chi connectivity index (χ2n) is 6.06. The van der Waals surface area contributed by atoms with Crippen LogP contribution in [0.3, 0.4) is 0 Å². The van der Waals surface area contributed by atoms with Crippen molar-refractivity contribution in [3.8, 4) is 5.69 Å². The van der Waals surface area contributed by atoms with Crippen LogP contribution < -0.4 is 5.56 Å². The predicted octanol–water partition coefficient (Wildman–Crippen LogP) is 3.55. The van der Waals surface area contributed by atoms with Crippen LogP contribution in [0.2, 0.25) is 0 Å². The SMILES string of the molecule is Cc1ccc(C)c(-n2ccnc2SCc2cc(=O)n3nc(C)sc3n2)c1. The summed E-state index contributed by atoms with van der Waals surface area (Å²) in [5, 5.41) is 5.87. The van der Waals surface area contributed by atoms with Gasteiger partial charge >= 0.3 is 0 Å². The molecule has 0 atom stereocenters. The highest BCUT2D eigenvalue weighted by molar-refractivity contribution is 7.98. The van der Waals surface area contributed by atoms with Gasteiger partial charge in [0, 0.05) is 24.2 Å². The molecule has 1 aromatic carbocycles.